The highest BCUT2D eigenvalue weighted by molar-refractivity contribution is 7.47. The summed E-state index contributed by atoms with van der Waals surface area (Å²) in [6.45, 7) is 3.44. The van der Waals surface area contributed by atoms with Crippen LogP contribution in [0.5, 0.6) is 0 Å². The predicted molar refractivity (Wildman–Crippen MR) is 187 cm³/mol. The van der Waals surface area contributed by atoms with Gasteiger partial charge in [0.2, 0.25) is 0 Å². The van der Waals surface area contributed by atoms with Gasteiger partial charge >= 0.3 is 19.8 Å². The highest BCUT2D eigenvalue weighted by atomic mass is 31.2. The van der Waals surface area contributed by atoms with E-state index >= 15 is 0 Å². The van der Waals surface area contributed by atoms with Gasteiger partial charge in [-0.25, -0.2) is 4.57 Å². The third-order valence-corrected chi connectivity index (χ3v) is 7.96. The summed E-state index contributed by atoms with van der Waals surface area (Å²) in [7, 11) is -4.36. The van der Waals surface area contributed by atoms with Crippen molar-refractivity contribution in [3.8, 4) is 0 Å². The molecule has 3 N–H and O–H groups in total. The van der Waals surface area contributed by atoms with Crippen molar-refractivity contribution < 1.29 is 37.6 Å². The number of ether oxygens (including phenoxy) is 2. The minimum Gasteiger partial charge on any atom is -0.462 e. The molecule has 266 valence electrons. The van der Waals surface area contributed by atoms with Gasteiger partial charge in [0.25, 0.3) is 0 Å². The summed E-state index contributed by atoms with van der Waals surface area (Å²) in [6.07, 6.45) is 34.9. The number of unbranched alkanes of at least 4 members (excludes halogenated alkanes) is 11. The normalized spacial score (nSPS) is 14.1. The summed E-state index contributed by atoms with van der Waals surface area (Å²) in [4.78, 5) is 34.2. The fraction of sp³-hybridized carbons (Fsp3) is 0.722. The minimum atomic E-state index is -4.36. The Labute approximate surface area is 279 Å². The summed E-state index contributed by atoms with van der Waals surface area (Å²) in [5.41, 5.74) is 5.30. The van der Waals surface area contributed by atoms with Crippen LogP contribution in [0.2, 0.25) is 0 Å². The second-order valence-electron chi connectivity index (χ2n) is 11.4. The molecular weight excluding hydrogens is 605 g/mol. The van der Waals surface area contributed by atoms with Gasteiger partial charge < -0.3 is 20.1 Å². The van der Waals surface area contributed by atoms with Crippen molar-refractivity contribution in [1.29, 1.82) is 0 Å². The zero-order valence-electron chi connectivity index (χ0n) is 28.8. The molecule has 0 fully saturated rings. The molecule has 0 aliphatic carbocycles. The summed E-state index contributed by atoms with van der Waals surface area (Å²) in [5.74, 6) is -0.863. The first-order valence-corrected chi connectivity index (χ1v) is 19.1. The summed E-state index contributed by atoms with van der Waals surface area (Å²) >= 11 is 0. The molecule has 0 aliphatic heterocycles. The van der Waals surface area contributed by atoms with Gasteiger partial charge in [0.1, 0.15) is 6.61 Å². The Morgan fingerprint density at radius 1 is 0.674 bits per heavy atom. The Balaban J connectivity index is 4.06. The van der Waals surface area contributed by atoms with Crippen LogP contribution in [0.25, 0.3) is 0 Å². The third-order valence-electron chi connectivity index (χ3n) is 6.98. The number of nitrogens with two attached hydrogens (primary N) is 1. The predicted octanol–water partition coefficient (Wildman–Crippen LogP) is 9.21. The first-order chi connectivity index (χ1) is 22.3. The molecule has 0 rings (SSSR count). The van der Waals surface area contributed by atoms with Crippen LogP contribution in [-0.2, 0) is 32.7 Å². The highest BCUT2D eigenvalue weighted by Gasteiger charge is 2.25. The number of phosphoric acid groups is 1. The van der Waals surface area contributed by atoms with Gasteiger partial charge in [0, 0.05) is 19.4 Å². The molecule has 0 radical (unpaired) electrons. The topological polar surface area (TPSA) is 134 Å². The molecule has 0 spiro atoms. The van der Waals surface area contributed by atoms with E-state index < -0.39 is 32.5 Å². The van der Waals surface area contributed by atoms with Gasteiger partial charge in [0.15, 0.2) is 6.10 Å². The van der Waals surface area contributed by atoms with Crippen LogP contribution in [0, 0.1) is 0 Å². The number of carbonyl (C=O) groups excluding carboxylic acids is 2. The zero-order valence-corrected chi connectivity index (χ0v) is 29.7. The second-order valence-corrected chi connectivity index (χ2v) is 12.8. The van der Waals surface area contributed by atoms with Crippen molar-refractivity contribution in [2.45, 2.75) is 142 Å². The number of hydrogen-bond acceptors (Lipinski definition) is 8. The quantitative estimate of drug-likeness (QED) is 0.0311. The molecule has 0 amide bonds. The molecular formula is C36H64NO8P. The minimum absolute atomic E-state index is 0.0502. The van der Waals surface area contributed by atoms with Crippen LogP contribution in [0.3, 0.4) is 0 Å². The van der Waals surface area contributed by atoms with E-state index in [4.69, 9.17) is 24.3 Å². The molecule has 0 heterocycles. The first-order valence-electron chi connectivity index (χ1n) is 17.6. The third kappa shape index (κ3) is 31.9. The first kappa shape index (κ1) is 44.0. The van der Waals surface area contributed by atoms with Crippen molar-refractivity contribution in [3.63, 3.8) is 0 Å². The van der Waals surface area contributed by atoms with Gasteiger partial charge in [-0.1, -0.05) is 120 Å². The number of allylic oxidation sites excluding steroid dienone is 8. The maximum atomic E-state index is 12.4. The van der Waals surface area contributed by atoms with Crippen molar-refractivity contribution in [2.24, 2.45) is 5.73 Å². The van der Waals surface area contributed by atoms with E-state index in [0.29, 0.717) is 6.42 Å². The summed E-state index contributed by atoms with van der Waals surface area (Å²) in [6, 6.07) is 0. The molecule has 0 aromatic heterocycles. The number of esters is 2. The Morgan fingerprint density at radius 2 is 1.20 bits per heavy atom. The van der Waals surface area contributed by atoms with Gasteiger partial charge in [-0.05, 0) is 51.4 Å². The Bertz CT molecular complexity index is 902. The molecule has 0 aromatic carbocycles. The average Bonchev–Trinajstić information content (AvgIpc) is 3.04. The fourth-order valence-corrected chi connectivity index (χ4v) is 5.15. The smallest absolute Gasteiger partial charge is 0.462 e. The van der Waals surface area contributed by atoms with Crippen LogP contribution in [-0.4, -0.2) is 49.3 Å². The van der Waals surface area contributed by atoms with Crippen molar-refractivity contribution in [3.05, 3.63) is 48.6 Å². The van der Waals surface area contributed by atoms with Crippen LogP contribution in [0.1, 0.15) is 136 Å². The highest BCUT2D eigenvalue weighted by Crippen LogP contribution is 2.43. The van der Waals surface area contributed by atoms with E-state index in [1.807, 2.05) is 0 Å². The van der Waals surface area contributed by atoms with Crippen LogP contribution in [0.4, 0.5) is 0 Å². The van der Waals surface area contributed by atoms with E-state index in [0.717, 1.165) is 77.0 Å². The van der Waals surface area contributed by atoms with Crippen molar-refractivity contribution in [1.82, 2.24) is 0 Å². The van der Waals surface area contributed by atoms with Crippen molar-refractivity contribution in [2.75, 3.05) is 26.4 Å². The largest absolute Gasteiger partial charge is 0.472 e. The standard InChI is InChI=1S/C36H64NO8P/c1-3-5-7-9-10-11-12-13-14-15-16-17-18-19-20-21-22-23-24-25-27-29-36(39)45-34(33-44-46(40,41)43-31-30-37)32-42-35(38)28-26-8-6-4-2/h5,7,10-11,13-14,16-17,34H,3-4,6,8-9,12,15,18-33,37H2,1-2H3,(H,40,41)/b7-5-,11-10-,14-13-,17-16-. The van der Waals surface area contributed by atoms with Crippen LogP contribution < -0.4 is 5.73 Å². The van der Waals surface area contributed by atoms with Crippen LogP contribution in [0.15, 0.2) is 48.6 Å². The molecule has 0 saturated carbocycles. The van der Waals surface area contributed by atoms with E-state index in [1.54, 1.807) is 0 Å². The zero-order chi connectivity index (χ0) is 34.0. The van der Waals surface area contributed by atoms with Crippen molar-refractivity contribution >= 4 is 19.8 Å². The lowest BCUT2D eigenvalue weighted by Crippen LogP contribution is -2.29. The lowest BCUT2D eigenvalue weighted by molar-refractivity contribution is -0.161. The number of phosphoric ester groups is 1. The molecule has 0 aromatic rings. The fourth-order valence-electron chi connectivity index (χ4n) is 4.39. The molecule has 0 aliphatic rings. The molecule has 9 nitrogen and oxygen atoms in total. The number of hydrogen-bond donors (Lipinski definition) is 2. The molecule has 46 heavy (non-hydrogen) atoms. The SMILES string of the molecule is CC/C=C\C/C=C\C/C=C\C/C=C\CCCCCCCCCCC(=O)OC(COC(=O)CCCCCC)COP(=O)(O)OCCN. The van der Waals surface area contributed by atoms with Gasteiger partial charge in [-0.2, -0.15) is 0 Å². The molecule has 10 heteroatoms. The summed E-state index contributed by atoms with van der Waals surface area (Å²) < 4.78 is 32.3. The number of rotatable bonds is 32. The molecule has 0 saturated heterocycles. The average molecular weight is 670 g/mol. The maximum Gasteiger partial charge on any atom is 0.472 e. The lowest BCUT2D eigenvalue weighted by atomic mass is 10.1. The Hall–Kier alpha value is -2.03. The van der Waals surface area contributed by atoms with Gasteiger partial charge in [-0.15, -0.1) is 0 Å². The number of carbonyl (C=O) groups is 2. The Kier molecular flexibility index (Phi) is 31.4. The second kappa shape index (κ2) is 32.9. The van der Waals surface area contributed by atoms with Gasteiger partial charge in [0.05, 0.1) is 13.2 Å². The molecule has 2 atom stereocenters. The molecule has 0 bridgehead atoms. The molecule has 2 unspecified atom stereocenters. The monoisotopic (exact) mass is 669 g/mol. The van der Waals surface area contributed by atoms with E-state index in [9.17, 15) is 19.0 Å². The van der Waals surface area contributed by atoms with Crippen LogP contribution >= 0.6 is 7.82 Å². The summed E-state index contributed by atoms with van der Waals surface area (Å²) in [5, 5.41) is 0. The van der Waals surface area contributed by atoms with E-state index in [-0.39, 0.29) is 32.6 Å². The Morgan fingerprint density at radius 3 is 1.78 bits per heavy atom. The van der Waals surface area contributed by atoms with E-state index in [1.165, 1.54) is 25.7 Å². The van der Waals surface area contributed by atoms with E-state index in [2.05, 4.69) is 62.5 Å². The lowest BCUT2D eigenvalue weighted by Gasteiger charge is -2.19. The maximum absolute atomic E-state index is 12.4. The van der Waals surface area contributed by atoms with Gasteiger partial charge in [-0.3, -0.25) is 18.6 Å².